The molecule has 3 aliphatic rings. The molecule has 0 spiro atoms. The number of nitrogens with one attached hydrogen (secondary N) is 2. The zero-order valence-electron chi connectivity index (χ0n) is 19.7. The van der Waals surface area contributed by atoms with Crippen LogP contribution in [-0.4, -0.2) is 68.1 Å². The Labute approximate surface area is 207 Å². The highest BCUT2D eigenvalue weighted by molar-refractivity contribution is 7.19. The first-order valence-electron chi connectivity index (χ1n) is 12.7. The standard InChI is InChI=1S/C26H29N7OS/c34-26(33-10-9-32-8-2-1-3-19(32)14-33)16-4-6-20-22(12-16)35-25-23(20)24(27-15-28-25)30-18-5-7-21-17(11-18)13-29-31-21/h5,7,11,13,15-16,19H,1-4,6,8-10,12,14H2,(H,29,31)(H,27,28,30)/t16-,19?/m0/s1. The van der Waals surface area contributed by atoms with Crippen molar-refractivity contribution >= 4 is 49.9 Å². The number of H-pyrrole nitrogens is 1. The second-order valence-electron chi connectivity index (χ2n) is 10.1. The molecule has 2 fully saturated rings. The summed E-state index contributed by atoms with van der Waals surface area (Å²) < 4.78 is 0. The van der Waals surface area contributed by atoms with Crippen molar-refractivity contribution < 1.29 is 4.79 Å². The lowest BCUT2D eigenvalue weighted by atomic mass is 9.86. The average molecular weight is 488 g/mol. The molecule has 2 atom stereocenters. The number of benzene rings is 1. The van der Waals surface area contributed by atoms with E-state index in [1.165, 1.54) is 36.2 Å². The van der Waals surface area contributed by atoms with E-state index in [9.17, 15) is 4.79 Å². The van der Waals surface area contributed by atoms with Gasteiger partial charge in [0.25, 0.3) is 0 Å². The molecule has 0 saturated carbocycles. The second-order valence-corrected chi connectivity index (χ2v) is 11.2. The molecule has 180 valence electrons. The van der Waals surface area contributed by atoms with Crippen LogP contribution >= 0.6 is 11.3 Å². The maximum Gasteiger partial charge on any atom is 0.226 e. The van der Waals surface area contributed by atoms with Crippen LogP contribution in [0.1, 0.15) is 36.1 Å². The normalized spacial score (nSPS) is 22.8. The van der Waals surface area contributed by atoms with E-state index in [-0.39, 0.29) is 5.92 Å². The number of aromatic amines is 1. The zero-order valence-corrected chi connectivity index (χ0v) is 20.5. The number of piperidine rings is 1. The molecule has 5 heterocycles. The van der Waals surface area contributed by atoms with Crippen LogP contribution < -0.4 is 5.32 Å². The highest BCUT2D eigenvalue weighted by atomic mass is 32.1. The number of hydrogen-bond acceptors (Lipinski definition) is 7. The third kappa shape index (κ3) is 3.77. The first-order valence-corrected chi connectivity index (χ1v) is 13.5. The Balaban J connectivity index is 1.12. The molecule has 35 heavy (non-hydrogen) atoms. The van der Waals surface area contributed by atoms with Crippen LogP contribution in [0.15, 0.2) is 30.7 Å². The highest BCUT2D eigenvalue weighted by Crippen LogP contribution is 2.41. The van der Waals surface area contributed by atoms with E-state index in [1.807, 2.05) is 18.3 Å². The van der Waals surface area contributed by atoms with Gasteiger partial charge in [0.05, 0.1) is 17.1 Å². The van der Waals surface area contributed by atoms with Crippen LogP contribution in [0.3, 0.4) is 0 Å². The summed E-state index contributed by atoms with van der Waals surface area (Å²) >= 11 is 1.73. The molecule has 4 aromatic rings. The fourth-order valence-electron chi connectivity index (χ4n) is 6.19. The van der Waals surface area contributed by atoms with Crippen molar-refractivity contribution in [3.05, 3.63) is 41.2 Å². The van der Waals surface area contributed by atoms with Gasteiger partial charge in [-0.15, -0.1) is 11.3 Å². The predicted molar refractivity (Wildman–Crippen MR) is 138 cm³/mol. The average Bonchev–Trinajstić information content (AvgIpc) is 3.52. The topological polar surface area (TPSA) is 90.0 Å². The molecule has 1 aliphatic carbocycles. The molecule has 1 unspecified atom stereocenters. The first-order chi connectivity index (χ1) is 17.2. The number of aromatic nitrogens is 4. The Hall–Kier alpha value is -3.04. The summed E-state index contributed by atoms with van der Waals surface area (Å²) in [4.78, 5) is 29.7. The Morgan fingerprint density at radius 2 is 2.11 bits per heavy atom. The molecule has 3 aromatic heterocycles. The fourth-order valence-corrected chi connectivity index (χ4v) is 7.45. The van der Waals surface area contributed by atoms with Gasteiger partial charge in [-0.25, -0.2) is 9.97 Å². The Morgan fingerprint density at radius 3 is 3.09 bits per heavy atom. The Kier molecular flexibility index (Phi) is 5.20. The molecule has 0 bridgehead atoms. The fraction of sp³-hybridized carbons (Fsp3) is 0.462. The van der Waals surface area contributed by atoms with Crippen LogP contribution in [0.25, 0.3) is 21.1 Å². The first kappa shape index (κ1) is 21.3. The van der Waals surface area contributed by atoms with E-state index in [2.05, 4.69) is 41.3 Å². The summed E-state index contributed by atoms with van der Waals surface area (Å²) in [6.45, 7) is 4.03. The van der Waals surface area contributed by atoms with Crippen LogP contribution in [0.4, 0.5) is 11.5 Å². The lowest BCUT2D eigenvalue weighted by molar-refractivity contribution is -0.139. The number of thiophene rings is 1. The summed E-state index contributed by atoms with van der Waals surface area (Å²) in [6, 6.07) is 6.70. The molecule has 2 aliphatic heterocycles. The molecule has 2 N–H and O–H groups in total. The number of carbonyl (C=O) groups excluding carboxylic acids is 1. The Bertz CT molecular complexity index is 1410. The number of amides is 1. The van der Waals surface area contributed by atoms with E-state index >= 15 is 0 Å². The number of piperazine rings is 1. The maximum absolute atomic E-state index is 13.5. The molecule has 8 nitrogen and oxygen atoms in total. The van der Waals surface area contributed by atoms with Crippen LogP contribution in [0, 0.1) is 5.92 Å². The minimum Gasteiger partial charge on any atom is -0.340 e. The Morgan fingerprint density at radius 1 is 1.14 bits per heavy atom. The van der Waals surface area contributed by atoms with Gasteiger partial charge in [-0.2, -0.15) is 5.10 Å². The lowest BCUT2D eigenvalue weighted by Crippen LogP contribution is -2.57. The number of aryl methyl sites for hydroxylation is 1. The summed E-state index contributed by atoms with van der Waals surface area (Å²) in [5, 5.41) is 12.8. The number of nitrogens with zero attached hydrogens (tertiary/aromatic N) is 5. The third-order valence-corrected chi connectivity index (χ3v) is 9.21. The molecule has 7 rings (SSSR count). The van der Waals surface area contributed by atoms with E-state index in [0.29, 0.717) is 11.9 Å². The molecular formula is C26H29N7OS. The van der Waals surface area contributed by atoms with Gasteiger partial charge in [-0.05, 0) is 62.4 Å². The number of anilines is 2. The lowest BCUT2D eigenvalue weighted by Gasteiger charge is -2.45. The quantitative estimate of drug-likeness (QED) is 0.452. The van der Waals surface area contributed by atoms with Crippen molar-refractivity contribution in [2.45, 2.75) is 44.6 Å². The van der Waals surface area contributed by atoms with Crippen LogP contribution in [0.5, 0.6) is 0 Å². The van der Waals surface area contributed by atoms with Gasteiger partial charge in [-0.3, -0.25) is 14.8 Å². The molecular weight excluding hydrogens is 458 g/mol. The van der Waals surface area contributed by atoms with Gasteiger partial charge in [0.1, 0.15) is 17.0 Å². The smallest absolute Gasteiger partial charge is 0.226 e. The maximum atomic E-state index is 13.5. The van der Waals surface area contributed by atoms with E-state index in [1.54, 1.807) is 17.7 Å². The number of carbonyl (C=O) groups is 1. The van der Waals surface area contributed by atoms with Crippen LogP contribution in [-0.2, 0) is 17.6 Å². The van der Waals surface area contributed by atoms with Crippen molar-refractivity contribution in [1.29, 1.82) is 0 Å². The highest BCUT2D eigenvalue weighted by Gasteiger charge is 2.36. The number of rotatable bonds is 3. The van der Waals surface area contributed by atoms with E-state index < -0.39 is 0 Å². The van der Waals surface area contributed by atoms with Crippen molar-refractivity contribution in [1.82, 2.24) is 30.0 Å². The van der Waals surface area contributed by atoms with Gasteiger partial charge in [-0.1, -0.05) is 6.42 Å². The third-order valence-electron chi connectivity index (χ3n) is 8.05. The molecule has 9 heteroatoms. The summed E-state index contributed by atoms with van der Waals surface area (Å²) in [5.41, 5.74) is 3.31. The number of fused-ring (bicyclic) bond motifs is 5. The monoisotopic (exact) mass is 487 g/mol. The largest absolute Gasteiger partial charge is 0.340 e. The van der Waals surface area contributed by atoms with E-state index in [0.717, 1.165) is 71.5 Å². The molecule has 0 radical (unpaired) electrons. The summed E-state index contributed by atoms with van der Waals surface area (Å²) in [7, 11) is 0. The second kappa shape index (κ2) is 8.57. The zero-order chi connectivity index (χ0) is 23.4. The number of hydrogen-bond donors (Lipinski definition) is 2. The van der Waals surface area contributed by atoms with Gasteiger partial charge in [0.15, 0.2) is 0 Å². The SMILES string of the molecule is O=C([C@H]1CCc2c(sc3ncnc(Nc4ccc5[nH]ncc5c4)c23)C1)N1CCN2CCCCC2C1. The van der Waals surface area contributed by atoms with Crippen LogP contribution in [0.2, 0.25) is 0 Å². The van der Waals surface area contributed by atoms with Crippen molar-refractivity contribution in [3.63, 3.8) is 0 Å². The van der Waals surface area contributed by atoms with E-state index in [4.69, 9.17) is 0 Å². The van der Waals surface area contributed by atoms with Gasteiger partial charge in [0.2, 0.25) is 5.91 Å². The minimum atomic E-state index is 0.0820. The van der Waals surface area contributed by atoms with Gasteiger partial charge < -0.3 is 10.2 Å². The molecule has 2 saturated heterocycles. The van der Waals surface area contributed by atoms with Crippen molar-refractivity contribution in [2.75, 3.05) is 31.5 Å². The summed E-state index contributed by atoms with van der Waals surface area (Å²) in [6.07, 6.45) is 9.92. The van der Waals surface area contributed by atoms with Crippen molar-refractivity contribution in [3.8, 4) is 0 Å². The summed E-state index contributed by atoms with van der Waals surface area (Å²) in [5.74, 6) is 1.28. The molecule has 1 aromatic carbocycles. The van der Waals surface area contributed by atoms with Gasteiger partial charge in [0, 0.05) is 47.5 Å². The minimum absolute atomic E-state index is 0.0820. The molecule has 1 amide bonds. The predicted octanol–water partition coefficient (Wildman–Crippen LogP) is 4.11. The van der Waals surface area contributed by atoms with Gasteiger partial charge >= 0.3 is 0 Å². The van der Waals surface area contributed by atoms with Crippen molar-refractivity contribution in [2.24, 2.45) is 5.92 Å².